The van der Waals surface area contributed by atoms with E-state index in [2.05, 4.69) is 70.5 Å². The van der Waals surface area contributed by atoms with E-state index in [1.54, 1.807) is 0 Å². The van der Waals surface area contributed by atoms with Crippen molar-refractivity contribution in [3.05, 3.63) is 35.9 Å². The SMILES string of the molecule is CCCCCCCCCCCC(=O)NC(CCC)(c1ccccc1)[N+](C)(C)CCC. The van der Waals surface area contributed by atoms with Crippen LogP contribution in [0.15, 0.2) is 30.3 Å². The van der Waals surface area contributed by atoms with Crippen molar-refractivity contribution in [3.63, 3.8) is 0 Å². The molecule has 1 N–H and O–H groups in total. The Balaban J connectivity index is 2.68. The maximum atomic E-state index is 13.0. The third kappa shape index (κ3) is 8.41. The molecule has 1 atom stereocenters. The number of benzene rings is 1. The largest absolute Gasteiger partial charge is 0.303 e. The van der Waals surface area contributed by atoms with Crippen molar-refractivity contribution in [2.45, 2.75) is 110 Å². The second kappa shape index (κ2) is 14.6. The Bertz CT molecular complexity index is 569. The van der Waals surface area contributed by atoms with Crippen LogP contribution in [0.5, 0.6) is 0 Å². The Morgan fingerprint density at radius 1 is 0.800 bits per heavy atom. The van der Waals surface area contributed by atoms with E-state index in [0.717, 1.165) is 36.7 Å². The minimum absolute atomic E-state index is 0.206. The summed E-state index contributed by atoms with van der Waals surface area (Å²) in [7, 11) is 4.54. The fourth-order valence-electron chi connectivity index (χ4n) is 4.80. The van der Waals surface area contributed by atoms with E-state index in [1.807, 2.05) is 0 Å². The van der Waals surface area contributed by atoms with E-state index in [4.69, 9.17) is 0 Å². The first-order chi connectivity index (χ1) is 14.4. The highest BCUT2D eigenvalue weighted by atomic mass is 16.2. The molecule has 0 aliphatic rings. The number of carbonyl (C=O) groups excluding carboxylic acids is 1. The average Bonchev–Trinajstić information content (AvgIpc) is 2.72. The van der Waals surface area contributed by atoms with Crippen molar-refractivity contribution in [1.29, 1.82) is 0 Å². The molecule has 0 aromatic heterocycles. The van der Waals surface area contributed by atoms with E-state index in [1.165, 1.54) is 56.9 Å². The minimum atomic E-state index is -0.359. The molecule has 0 spiro atoms. The zero-order chi connectivity index (χ0) is 22.3. The van der Waals surface area contributed by atoms with Crippen LogP contribution < -0.4 is 5.32 Å². The molecule has 0 saturated carbocycles. The lowest BCUT2D eigenvalue weighted by atomic mass is 9.89. The van der Waals surface area contributed by atoms with Gasteiger partial charge in [-0.15, -0.1) is 0 Å². The van der Waals surface area contributed by atoms with Crippen LogP contribution in [-0.4, -0.2) is 31.0 Å². The average molecular weight is 418 g/mol. The maximum absolute atomic E-state index is 13.0. The van der Waals surface area contributed by atoms with Crippen molar-refractivity contribution in [1.82, 2.24) is 5.32 Å². The fourth-order valence-corrected chi connectivity index (χ4v) is 4.80. The van der Waals surface area contributed by atoms with Gasteiger partial charge in [0.2, 0.25) is 11.6 Å². The molecule has 172 valence electrons. The van der Waals surface area contributed by atoms with Gasteiger partial charge in [-0.3, -0.25) is 4.79 Å². The highest BCUT2D eigenvalue weighted by molar-refractivity contribution is 5.76. The molecule has 0 bridgehead atoms. The zero-order valence-corrected chi connectivity index (χ0v) is 20.6. The highest BCUT2D eigenvalue weighted by Gasteiger charge is 2.47. The van der Waals surface area contributed by atoms with Crippen molar-refractivity contribution >= 4 is 5.91 Å². The third-order valence-corrected chi connectivity index (χ3v) is 6.53. The summed E-state index contributed by atoms with van der Waals surface area (Å²) in [5.41, 5.74) is 0.869. The molecule has 0 heterocycles. The number of carbonyl (C=O) groups is 1. The summed E-state index contributed by atoms with van der Waals surface area (Å²) in [5, 5.41) is 3.53. The van der Waals surface area contributed by atoms with E-state index >= 15 is 0 Å². The quantitative estimate of drug-likeness (QED) is 0.162. The van der Waals surface area contributed by atoms with Crippen LogP contribution in [0.3, 0.4) is 0 Å². The molecule has 30 heavy (non-hydrogen) atoms. The number of rotatable bonds is 17. The molecular formula is C27H49N2O+. The van der Waals surface area contributed by atoms with Crippen molar-refractivity contribution in [3.8, 4) is 0 Å². The van der Waals surface area contributed by atoms with Gasteiger partial charge in [-0.25, -0.2) is 0 Å². The second-order valence-electron chi connectivity index (χ2n) is 9.51. The highest BCUT2D eigenvalue weighted by Crippen LogP contribution is 2.35. The lowest BCUT2D eigenvalue weighted by Gasteiger charge is -2.49. The second-order valence-corrected chi connectivity index (χ2v) is 9.51. The Morgan fingerprint density at radius 3 is 1.90 bits per heavy atom. The van der Waals surface area contributed by atoms with Gasteiger partial charge in [0.25, 0.3) is 0 Å². The lowest BCUT2D eigenvalue weighted by Crippen LogP contribution is -2.66. The van der Waals surface area contributed by atoms with Gasteiger partial charge >= 0.3 is 0 Å². The molecule has 0 fully saturated rings. The van der Waals surface area contributed by atoms with Crippen LogP contribution >= 0.6 is 0 Å². The number of quaternary nitrogens is 1. The summed E-state index contributed by atoms with van der Waals surface area (Å²) in [6.07, 6.45) is 15.2. The molecule has 0 saturated heterocycles. The topological polar surface area (TPSA) is 29.1 Å². The Hall–Kier alpha value is -1.35. The summed E-state index contributed by atoms with van der Waals surface area (Å²) in [4.78, 5) is 13.0. The Morgan fingerprint density at radius 2 is 1.37 bits per heavy atom. The lowest BCUT2D eigenvalue weighted by molar-refractivity contribution is -0.953. The number of nitrogens with one attached hydrogen (secondary N) is 1. The van der Waals surface area contributed by atoms with Crippen LogP contribution in [0, 0.1) is 0 Å². The first kappa shape index (κ1) is 26.7. The van der Waals surface area contributed by atoms with Gasteiger partial charge in [0.15, 0.2) is 0 Å². The number of hydrogen-bond donors (Lipinski definition) is 1. The van der Waals surface area contributed by atoms with Gasteiger partial charge in [-0.1, -0.05) is 102 Å². The van der Waals surface area contributed by atoms with Gasteiger partial charge in [0, 0.05) is 18.4 Å². The van der Waals surface area contributed by atoms with Gasteiger partial charge in [-0.05, 0) is 19.3 Å². The number of hydrogen-bond acceptors (Lipinski definition) is 1. The molecule has 3 nitrogen and oxygen atoms in total. The molecule has 3 heteroatoms. The van der Waals surface area contributed by atoms with Gasteiger partial charge < -0.3 is 9.80 Å². The van der Waals surface area contributed by atoms with Gasteiger partial charge in [0.05, 0.1) is 20.6 Å². The maximum Gasteiger partial charge on any atom is 0.224 e. The van der Waals surface area contributed by atoms with E-state index in [-0.39, 0.29) is 11.6 Å². The van der Waals surface area contributed by atoms with E-state index < -0.39 is 0 Å². The summed E-state index contributed by atoms with van der Waals surface area (Å²) in [6.45, 7) is 7.75. The minimum Gasteiger partial charge on any atom is -0.303 e. The van der Waals surface area contributed by atoms with Gasteiger partial charge in [-0.2, -0.15) is 0 Å². The Kier molecular flexibility index (Phi) is 13.0. The van der Waals surface area contributed by atoms with Gasteiger partial charge in [0.1, 0.15) is 0 Å². The molecule has 0 radical (unpaired) electrons. The third-order valence-electron chi connectivity index (χ3n) is 6.53. The standard InChI is InChI=1S/C27H48N2O/c1-6-9-10-11-12-13-14-15-19-22-26(30)28-27(23-7-2,29(4,5)24-8-3)25-20-17-16-18-21-25/h16-18,20-21H,6-15,19,22-24H2,1-5H3/p+1. The molecule has 1 amide bonds. The monoisotopic (exact) mass is 417 g/mol. The normalized spacial score (nSPS) is 13.8. The predicted molar refractivity (Wildman–Crippen MR) is 130 cm³/mol. The van der Waals surface area contributed by atoms with E-state index in [9.17, 15) is 4.79 Å². The summed E-state index contributed by atoms with van der Waals surface area (Å²) < 4.78 is 0.783. The Labute approximate surface area is 187 Å². The number of unbranched alkanes of at least 4 members (excludes halogenated alkanes) is 8. The molecule has 1 aromatic carbocycles. The molecular weight excluding hydrogens is 368 g/mol. The molecule has 1 unspecified atom stereocenters. The molecule has 1 rings (SSSR count). The fraction of sp³-hybridized carbons (Fsp3) is 0.741. The van der Waals surface area contributed by atoms with Crippen LogP contribution in [-0.2, 0) is 10.5 Å². The smallest absolute Gasteiger partial charge is 0.224 e. The van der Waals surface area contributed by atoms with Crippen molar-refractivity contribution < 1.29 is 9.28 Å². The molecule has 0 aliphatic carbocycles. The summed E-state index contributed by atoms with van der Waals surface area (Å²) in [5.74, 6) is 0.206. The summed E-state index contributed by atoms with van der Waals surface area (Å²) >= 11 is 0. The number of nitrogens with zero attached hydrogens (tertiary/aromatic N) is 1. The van der Waals surface area contributed by atoms with E-state index in [0.29, 0.717) is 6.42 Å². The predicted octanol–water partition coefficient (Wildman–Crippen LogP) is 7.16. The molecule has 0 aliphatic heterocycles. The number of amides is 1. The first-order valence-corrected chi connectivity index (χ1v) is 12.6. The summed E-state index contributed by atoms with van der Waals surface area (Å²) in [6, 6.07) is 10.6. The molecule has 1 aromatic rings. The first-order valence-electron chi connectivity index (χ1n) is 12.6. The van der Waals surface area contributed by atoms with Crippen LogP contribution in [0.1, 0.15) is 110 Å². The van der Waals surface area contributed by atoms with Crippen molar-refractivity contribution in [2.75, 3.05) is 20.6 Å². The zero-order valence-electron chi connectivity index (χ0n) is 20.6. The van der Waals surface area contributed by atoms with Crippen LogP contribution in [0.4, 0.5) is 0 Å². The van der Waals surface area contributed by atoms with Crippen LogP contribution in [0.2, 0.25) is 0 Å². The van der Waals surface area contributed by atoms with Crippen molar-refractivity contribution in [2.24, 2.45) is 0 Å². The van der Waals surface area contributed by atoms with Crippen LogP contribution in [0.25, 0.3) is 0 Å².